The minimum absolute atomic E-state index is 0.517. The molecule has 3 aromatic heterocycles. The van der Waals surface area contributed by atoms with E-state index in [1.807, 2.05) is 41.8 Å². The van der Waals surface area contributed by atoms with Crippen LogP contribution in [0.25, 0.3) is 16.9 Å². The number of imidazole rings is 1. The molecule has 0 atom stereocenters. The molecule has 3 heterocycles. The molecule has 0 bridgehead atoms. The van der Waals surface area contributed by atoms with Crippen LogP contribution in [0.5, 0.6) is 0 Å². The number of rotatable bonds is 1. The Kier molecular flexibility index (Phi) is 2.34. The van der Waals surface area contributed by atoms with Gasteiger partial charge in [-0.2, -0.15) is 0 Å². The van der Waals surface area contributed by atoms with Gasteiger partial charge in [0.25, 0.3) is 0 Å². The number of nitrogens with zero attached hydrogens (tertiary/aromatic N) is 3. The molecule has 3 rings (SSSR count). The van der Waals surface area contributed by atoms with E-state index in [4.69, 9.17) is 11.6 Å². The summed E-state index contributed by atoms with van der Waals surface area (Å²) in [7, 11) is 0. The van der Waals surface area contributed by atoms with Gasteiger partial charge in [0.05, 0.1) is 5.52 Å². The van der Waals surface area contributed by atoms with Gasteiger partial charge in [-0.3, -0.25) is 9.38 Å². The summed E-state index contributed by atoms with van der Waals surface area (Å²) in [5.74, 6) is 0.821. The third kappa shape index (κ3) is 1.68. The number of pyridine rings is 2. The third-order valence-corrected chi connectivity index (χ3v) is 2.94. The molecule has 17 heavy (non-hydrogen) atoms. The van der Waals surface area contributed by atoms with Crippen LogP contribution in [-0.2, 0) is 0 Å². The van der Waals surface area contributed by atoms with E-state index in [0.29, 0.717) is 5.15 Å². The molecule has 0 radical (unpaired) electrons. The summed E-state index contributed by atoms with van der Waals surface area (Å²) in [6.45, 7) is 2.04. The summed E-state index contributed by atoms with van der Waals surface area (Å²) in [6.07, 6.45) is 5.55. The van der Waals surface area contributed by atoms with Crippen LogP contribution in [0, 0.1) is 6.92 Å². The van der Waals surface area contributed by atoms with Crippen LogP contribution >= 0.6 is 11.6 Å². The standard InChI is InChI=1S/C13H10ClN3/c1-9-4-5-11-12(14)16-13(17(11)8-9)10-3-2-6-15-7-10/h2-8H,1H3. The first-order valence-electron chi connectivity index (χ1n) is 5.30. The van der Waals surface area contributed by atoms with Gasteiger partial charge >= 0.3 is 0 Å². The summed E-state index contributed by atoms with van der Waals surface area (Å²) in [6, 6.07) is 7.86. The summed E-state index contributed by atoms with van der Waals surface area (Å²) in [5.41, 5.74) is 3.04. The molecule has 0 spiro atoms. The van der Waals surface area contributed by atoms with E-state index in [1.165, 1.54) is 0 Å². The first kappa shape index (κ1) is 10.3. The van der Waals surface area contributed by atoms with Crippen molar-refractivity contribution >= 4 is 17.1 Å². The Morgan fingerprint density at radius 2 is 2.12 bits per heavy atom. The van der Waals surface area contributed by atoms with Gasteiger partial charge in [0.1, 0.15) is 5.82 Å². The number of aromatic nitrogens is 3. The lowest BCUT2D eigenvalue weighted by Gasteiger charge is -2.01. The second kappa shape index (κ2) is 3.86. The van der Waals surface area contributed by atoms with Crippen molar-refractivity contribution in [1.29, 1.82) is 0 Å². The number of hydrogen-bond donors (Lipinski definition) is 0. The maximum Gasteiger partial charge on any atom is 0.155 e. The highest BCUT2D eigenvalue weighted by atomic mass is 35.5. The van der Waals surface area contributed by atoms with Crippen molar-refractivity contribution in [3.05, 3.63) is 53.6 Å². The van der Waals surface area contributed by atoms with Crippen molar-refractivity contribution in [2.24, 2.45) is 0 Å². The molecule has 0 fully saturated rings. The monoisotopic (exact) mass is 243 g/mol. The molecule has 0 N–H and O–H groups in total. The van der Waals surface area contributed by atoms with Crippen LogP contribution in [0.4, 0.5) is 0 Å². The van der Waals surface area contributed by atoms with E-state index < -0.39 is 0 Å². The smallest absolute Gasteiger partial charge is 0.155 e. The van der Waals surface area contributed by atoms with Gasteiger partial charge in [-0.05, 0) is 30.7 Å². The zero-order valence-corrected chi connectivity index (χ0v) is 10.0. The Morgan fingerprint density at radius 3 is 2.88 bits per heavy atom. The van der Waals surface area contributed by atoms with Crippen LogP contribution in [0.2, 0.25) is 5.15 Å². The lowest BCUT2D eigenvalue weighted by Crippen LogP contribution is -1.90. The van der Waals surface area contributed by atoms with Crippen molar-refractivity contribution in [2.45, 2.75) is 6.92 Å². The zero-order valence-electron chi connectivity index (χ0n) is 9.26. The highest BCUT2D eigenvalue weighted by molar-refractivity contribution is 6.32. The molecule has 3 aromatic rings. The van der Waals surface area contributed by atoms with E-state index in [2.05, 4.69) is 9.97 Å². The quantitative estimate of drug-likeness (QED) is 0.656. The fourth-order valence-corrected chi connectivity index (χ4v) is 2.09. The van der Waals surface area contributed by atoms with E-state index in [1.54, 1.807) is 12.4 Å². The first-order chi connectivity index (χ1) is 8.25. The Hall–Kier alpha value is -1.87. The molecule has 4 heteroatoms. The maximum atomic E-state index is 6.13. The SMILES string of the molecule is Cc1ccc2c(Cl)nc(-c3cccnc3)n2c1. The largest absolute Gasteiger partial charge is 0.298 e. The van der Waals surface area contributed by atoms with Crippen molar-refractivity contribution < 1.29 is 0 Å². The zero-order chi connectivity index (χ0) is 11.8. The molecule has 0 saturated heterocycles. The molecule has 0 aliphatic carbocycles. The molecular formula is C13H10ClN3. The predicted molar refractivity (Wildman–Crippen MR) is 68.2 cm³/mol. The molecule has 84 valence electrons. The second-order valence-electron chi connectivity index (χ2n) is 3.93. The number of hydrogen-bond acceptors (Lipinski definition) is 2. The summed E-state index contributed by atoms with van der Waals surface area (Å²) >= 11 is 6.13. The lowest BCUT2D eigenvalue weighted by atomic mass is 10.2. The Morgan fingerprint density at radius 1 is 1.24 bits per heavy atom. The van der Waals surface area contributed by atoms with Gasteiger partial charge in [-0.15, -0.1) is 0 Å². The fourth-order valence-electron chi connectivity index (χ4n) is 1.85. The number of aryl methyl sites for hydroxylation is 1. The first-order valence-corrected chi connectivity index (χ1v) is 5.68. The lowest BCUT2D eigenvalue weighted by molar-refractivity contribution is 1.13. The summed E-state index contributed by atoms with van der Waals surface area (Å²) in [4.78, 5) is 8.49. The maximum absolute atomic E-state index is 6.13. The van der Waals surface area contributed by atoms with Gasteiger partial charge in [-0.25, -0.2) is 4.98 Å². The van der Waals surface area contributed by atoms with E-state index >= 15 is 0 Å². The minimum Gasteiger partial charge on any atom is -0.298 e. The topological polar surface area (TPSA) is 30.2 Å². The molecule has 3 nitrogen and oxygen atoms in total. The van der Waals surface area contributed by atoms with Crippen molar-refractivity contribution in [3.63, 3.8) is 0 Å². The molecule has 0 saturated carbocycles. The van der Waals surface area contributed by atoms with Gasteiger partial charge in [0.15, 0.2) is 5.15 Å². The summed E-state index contributed by atoms with van der Waals surface area (Å²) in [5, 5.41) is 0.517. The molecule has 0 aliphatic rings. The average molecular weight is 244 g/mol. The summed E-state index contributed by atoms with van der Waals surface area (Å²) < 4.78 is 1.99. The second-order valence-corrected chi connectivity index (χ2v) is 4.29. The van der Waals surface area contributed by atoms with Crippen LogP contribution in [0.15, 0.2) is 42.9 Å². The third-order valence-electron chi connectivity index (χ3n) is 2.66. The highest BCUT2D eigenvalue weighted by Crippen LogP contribution is 2.25. The fraction of sp³-hybridized carbons (Fsp3) is 0.0769. The highest BCUT2D eigenvalue weighted by Gasteiger charge is 2.10. The van der Waals surface area contributed by atoms with Gasteiger partial charge in [0.2, 0.25) is 0 Å². The van der Waals surface area contributed by atoms with E-state index in [-0.39, 0.29) is 0 Å². The Bertz CT molecular complexity index is 674. The molecule has 0 aliphatic heterocycles. The van der Waals surface area contributed by atoms with Crippen molar-refractivity contribution in [2.75, 3.05) is 0 Å². The molecule has 0 amide bonds. The van der Waals surface area contributed by atoms with Crippen LogP contribution in [0.1, 0.15) is 5.56 Å². The molecular weight excluding hydrogens is 234 g/mol. The Labute approximate surface area is 104 Å². The molecule has 0 aromatic carbocycles. The normalized spacial score (nSPS) is 10.9. The van der Waals surface area contributed by atoms with Crippen molar-refractivity contribution in [3.8, 4) is 11.4 Å². The van der Waals surface area contributed by atoms with Crippen LogP contribution < -0.4 is 0 Å². The Balaban J connectivity index is 2.34. The van der Waals surface area contributed by atoms with E-state index in [0.717, 1.165) is 22.5 Å². The van der Waals surface area contributed by atoms with Gasteiger partial charge in [0, 0.05) is 24.2 Å². The van der Waals surface area contributed by atoms with Crippen LogP contribution in [0.3, 0.4) is 0 Å². The number of fused-ring (bicyclic) bond motifs is 1. The minimum atomic E-state index is 0.517. The predicted octanol–water partition coefficient (Wildman–Crippen LogP) is 3.36. The van der Waals surface area contributed by atoms with Gasteiger partial charge < -0.3 is 0 Å². The average Bonchev–Trinajstić information content (AvgIpc) is 2.67. The molecule has 0 unspecified atom stereocenters. The number of halogens is 1. The van der Waals surface area contributed by atoms with Crippen LogP contribution in [-0.4, -0.2) is 14.4 Å². The van der Waals surface area contributed by atoms with Gasteiger partial charge in [-0.1, -0.05) is 17.7 Å². The van der Waals surface area contributed by atoms with Crippen molar-refractivity contribution in [1.82, 2.24) is 14.4 Å². The van der Waals surface area contributed by atoms with E-state index in [9.17, 15) is 0 Å².